The molecule has 0 bridgehead atoms. The maximum absolute atomic E-state index is 12.8. The van der Waals surface area contributed by atoms with Gasteiger partial charge in [-0.25, -0.2) is 4.99 Å². The minimum atomic E-state index is -0.0696. The minimum Gasteiger partial charge on any atom is -0.339 e. The molecule has 0 N–H and O–H groups in total. The molecule has 2 amide bonds. The van der Waals surface area contributed by atoms with Gasteiger partial charge in [-0.05, 0) is 67.8 Å². The van der Waals surface area contributed by atoms with Gasteiger partial charge in [0, 0.05) is 25.7 Å². The fourth-order valence-corrected chi connectivity index (χ4v) is 4.55. The Morgan fingerprint density at radius 3 is 2.53 bits per heavy atom. The van der Waals surface area contributed by atoms with Crippen LogP contribution in [0.5, 0.6) is 0 Å². The molecule has 2 heterocycles. The van der Waals surface area contributed by atoms with E-state index in [1.807, 2.05) is 66.4 Å². The number of nitrogens with zero attached hydrogens (tertiary/aromatic N) is 3. The lowest BCUT2D eigenvalue weighted by atomic mass is 10.1. The number of thioether (sulfide) groups is 1. The van der Waals surface area contributed by atoms with Crippen LogP contribution in [0.1, 0.15) is 40.7 Å². The van der Waals surface area contributed by atoms with Crippen LogP contribution < -0.4 is 0 Å². The van der Waals surface area contributed by atoms with Crippen LogP contribution in [0.3, 0.4) is 0 Å². The normalized spacial score (nSPS) is 19.7. The number of hydrogen-bond acceptors (Lipinski definition) is 4. The lowest BCUT2D eigenvalue weighted by molar-refractivity contribution is -0.121. The fourth-order valence-electron chi connectivity index (χ4n) is 3.56. The molecule has 2 saturated heterocycles. The van der Waals surface area contributed by atoms with E-state index in [0.29, 0.717) is 21.3 Å². The van der Waals surface area contributed by atoms with Crippen LogP contribution in [0.2, 0.25) is 0 Å². The Kier molecular flexibility index (Phi) is 6.04. The first-order valence-corrected chi connectivity index (χ1v) is 11.1. The highest BCUT2D eigenvalue weighted by atomic mass is 32.2. The van der Waals surface area contributed by atoms with E-state index in [2.05, 4.69) is 4.99 Å². The van der Waals surface area contributed by atoms with Crippen molar-refractivity contribution in [2.24, 2.45) is 4.99 Å². The number of carbonyl (C=O) groups excluding carboxylic acids is 2. The van der Waals surface area contributed by atoms with E-state index in [-0.39, 0.29) is 11.8 Å². The monoisotopic (exact) mass is 419 g/mol. The third-order valence-corrected chi connectivity index (χ3v) is 6.40. The van der Waals surface area contributed by atoms with Gasteiger partial charge in [0.1, 0.15) is 0 Å². The first-order chi connectivity index (χ1) is 14.5. The van der Waals surface area contributed by atoms with Crippen molar-refractivity contribution in [1.29, 1.82) is 0 Å². The largest absolute Gasteiger partial charge is 0.339 e. The van der Waals surface area contributed by atoms with Gasteiger partial charge in [-0.2, -0.15) is 0 Å². The zero-order chi connectivity index (χ0) is 21.1. The molecule has 0 atom stereocenters. The van der Waals surface area contributed by atoms with Crippen LogP contribution in [0, 0.1) is 6.92 Å². The van der Waals surface area contributed by atoms with Crippen LogP contribution >= 0.6 is 11.8 Å². The number of likely N-dealkylation sites (tertiary alicyclic amines) is 1. The van der Waals surface area contributed by atoms with Crippen molar-refractivity contribution in [2.45, 2.75) is 26.2 Å². The van der Waals surface area contributed by atoms with Crippen LogP contribution in [0.15, 0.2) is 58.4 Å². The first-order valence-electron chi connectivity index (χ1n) is 10.2. The molecular formula is C24H25N3O2S. The zero-order valence-corrected chi connectivity index (χ0v) is 18.1. The molecule has 0 unspecified atom stereocenters. The fraction of sp³-hybridized carbons (Fsp3) is 0.292. The van der Waals surface area contributed by atoms with Crippen molar-refractivity contribution in [3.63, 3.8) is 0 Å². The highest BCUT2D eigenvalue weighted by Gasteiger charge is 2.30. The Bertz CT molecular complexity index is 1020. The lowest BCUT2D eigenvalue weighted by Gasteiger charge is -2.26. The summed E-state index contributed by atoms with van der Waals surface area (Å²) in [5.41, 5.74) is 3.49. The molecule has 0 aromatic heterocycles. The summed E-state index contributed by atoms with van der Waals surface area (Å²) >= 11 is 1.36. The Labute approximate surface area is 181 Å². The number of likely N-dealkylation sites (N-methyl/N-ethyl adjacent to an activating group) is 1. The van der Waals surface area contributed by atoms with E-state index in [4.69, 9.17) is 0 Å². The van der Waals surface area contributed by atoms with E-state index in [1.54, 1.807) is 11.9 Å². The predicted octanol–water partition coefficient (Wildman–Crippen LogP) is 4.85. The molecule has 0 spiro atoms. The molecule has 154 valence electrons. The van der Waals surface area contributed by atoms with Gasteiger partial charge in [0.15, 0.2) is 5.17 Å². The zero-order valence-electron chi connectivity index (χ0n) is 17.3. The molecule has 2 aromatic rings. The standard InChI is InChI=1S/C24H25N3O2S/c1-17-9-11-18(12-10-17)15-21-23(29)26(2)24(30-21)25-20-8-6-7-19(16-20)22(28)27-13-4-3-5-14-27/h6-12,15-16H,3-5,13-14H2,1-2H3/b21-15+,25-24?. The van der Waals surface area contributed by atoms with Gasteiger partial charge in [0.2, 0.25) is 0 Å². The molecule has 0 radical (unpaired) electrons. The number of benzene rings is 2. The van der Waals surface area contributed by atoms with Crippen LogP contribution in [-0.4, -0.2) is 46.9 Å². The predicted molar refractivity (Wildman–Crippen MR) is 123 cm³/mol. The van der Waals surface area contributed by atoms with Gasteiger partial charge in [-0.15, -0.1) is 0 Å². The van der Waals surface area contributed by atoms with Gasteiger partial charge in [-0.3, -0.25) is 14.5 Å². The summed E-state index contributed by atoms with van der Waals surface area (Å²) in [7, 11) is 1.73. The second-order valence-electron chi connectivity index (χ2n) is 7.68. The van der Waals surface area contributed by atoms with E-state index < -0.39 is 0 Å². The number of aryl methyl sites for hydroxylation is 1. The molecule has 30 heavy (non-hydrogen) atoms. The Morgan fingerprint density at radius 1 is 1.07 bits per heavy atom. The maximum Gasteiger partial charge on any atom is 0.266 e. The number of aliphatic imine (C=N–C) groups is 1. The Morgan fingerprint density at radius 2 is 1.80 bits per heavy atom. The van der Waals surface area contributed by atoms with Crippen molar-refractivity contribution < 1.29 is 9.59 Å². The third-order valence-electron chi connectivity index (χ3n) is 5.34. The van der Waals surface area contributed by atoms with E-state index in [1.165, 1.54) is 23.7 Å². The van der Waals surface area contributed by atoms with Gasteiger partial charge in [-0.1, -0.05) is 35.9 Å². The maximum atomic E-state index is 12.8. The topological polar surface area (TPSA) is 53.0 Å². The van der Waals surface area contributed by atoms with Crippen LogP contribution in [0.25, 0.3) is 6.08 Å². The molecule has 2 aromatic carbocycles. The summed E-state index contributed by atoms with van der Waals surface area (Å²) in [5, 5.41) is 0.612. The lowest BCUT2D eigenvalue weighted by Crippen LogP contribution is -2.35. The molecule has 0 aliphatic carbocycles. The highest BCUT2D eigenvalue weighted by Crippen LogP contribution is 2.33. The quantitative estimate of drug-likeness (QED) is 0.668. The number of piperidine rings is 1. The minimum absolute atomic E-state index is 0.0558. The van der Waals surface area contributed by atoms with E-state index >= 15 is 0 Å². The van der Waals surface area contributed by atoms with Gasteiger partial charge < -0.3 is 4.90 Å². The molecule has 4 rings (SSSR count). The molecule has 5 nitrogen and oxygen atoms in total. The van der Waals surface area contributed by atoms with Gasteiger partial charge >= 0.3 is 0 Å². The Balaban J connectivity index is 1.55. The smallest absolute Gasteiger partial charge is 0.266 e. The number of amides is 2. The highest BCUT2D eigenvalue weighted by molar-refractivity contribution is 8.18. The van der Waals surface area contributed by atoms with E-state index in [9.17, 15) is 9.59 Å². The first kappa shape index (κ1) is 20.4. The second kappa shape index (κ2) is 8.88. The Hall–Kier alpha value is -2.86. The molecule has 2 aliphatic heterocycles. The molecule has 0 saturated carbocycles. The molecule has 2 aliphatic rings. The van der Waals surface area contributed by atoms with Crippen molar-refractivity contribution in [3.8, 4) is 0 Å². The summed E-state index contributed by atoms with van der Waals surface area (Å²) < 4.78 is 0. The third kappa shape index (κ3) is 4.49. The summed E-state index contributed by atoms with van der Waals surface area (Å²) in [6.07, 6.45) is 5.20. The molecular weight excluding hydrogens is 394 g/mol. The van der Waals surface area contributed by atoms with Crippen LogP contribution in [-0.2, 0) is 4.79 Å². The molecule has 6 heteroatoms. The average Bonchev–Trinajstić information content (AvgIpc) is 3.03. The van der Waals surface area contributed by atoms with Gasteiger partial charge in [0.05, 0.1) is 10.6 Å². The van der Waals surface area contributed by atoms with Crippen molar-refractivity contribution >= 4 is 40.5 Å². The molecule has 2 fully saturated rings. The summed E-state index contributed by atoms with van der Waals surface area (Å²) in [4.78, 5) is 34.2. The number of rotatable bonds is 3. The summed E-state index contributed by atoms with van der Waals surface area (Å²) in [6, 6.07) is 15.4. The number of amidine groups is 1. The summed E-state index contributed by atoms with van der Waals surface area (Å²) in [6.45, 7) is 3.67. The van der Waals surface area contributed by atoms with Crippen molar-refractivity contribution in [3.05, 3.63) is 70.1 Å². The number of hydrogen-bond donors (Lipinski definition) is 0. The van der Waals surface area contributed by atoms with Crippen LogP contribution in [0.4, 0.5) is 5.69 Å². The van der Waals surface area contributed by atoms with Crippen molar-refractivity contribution in [2.75, 3.05) is 20.1 Å². The SMILES string of the molecule is Cc1ccc(/C=C2/SC(=Nc3cccc(C(=O)N4CCCCC4)c3)N(C)C2=O)cc1. The van der Waals surface area contributed by atoms with E-state index in [0.717, 1.165) is 31.5 Å². The second-order valence-corrected chi connectivity index (χ2v) is 8.69. The van der Waals surface area contributed by atoms with Gasteiger partial charge in [0.25, 0.3) is 11.8 Å². The summed E-state index contributed by atoms with van der Waals surface area (Å²) in [5.74, 6) is -0.0138. The average molecular weight is 420 g/mol. The van der Waals surface area contributed by atoms with Crippen molar-refractivity contribution in [1.82, 2.24) is 9.80 Å². The number of carbonyl (C=O) groups is 2.